The second-order valence-corrected chi connectivity index (χ2v) is 4.61. The molecule has 0 saturated heterocycles. The number of amides is 1. The van der Waals surface area contributed by atoms with Crippen LogP contribution in [-0.2, 0) is 11.3 Å². The molecule has 0 spiro atoms. The Morgan fingerprint density at radius 2 is 2.00 bits per heavy atom. The van der Waals surface area contributed by atoms with Gasteiger partial charge in [-0.05, 0) is 23.8 Å². The summed E-state index contributed by atoms with van der Waals surface area (Å²) in [5, 5.41) is 2.47. The van der Waals surface area contributed by atoms with E-state index in [1.54, 1.807) is 0 Å². The van der Waals surface area contributed by atoms with E-state index in [9.17, 15) is 14.0 Å². The van der Waals surface area contributed by atoms with Crippen molar-refractivity contribution in [2.75, 3.05) is 6.54 Å². The maximum Gasteiger partial charge on any atom is 0.408 e. The Morgan fingerprint density at radius 3 is 2.74 bits per heavy atom. The van der Waals surface area contributed by atoms with Crippen LogP contribution in [0, 0.1) is 17.7 Å². The van der Waals surface area contributed by atoms with Crippen molar-refractivity contribution in [2.24, 2.45) is 0 Å². The molecule has 1 N–H and O–H groups in total. The van der Waals surface area contributed by atoms with Crippen LogP contribution in [0.4, 0.5) is 9.18 Å². The zero-order valence-corrected chi connectivity index (χ0v) is 12.2. The van der Waals surface area contributed by atoms with Crippen molar-refractivity contribution >= 4 is 12.4 Å². The summed E-state index contributed by atoms with van der Waals surface area (Å²) in [4.78, 5) is 22.1. The Morgan fingerprint density at radius 1 is 1.22 bits per heavy atom. The number of aldehydes is 1. The number of nitrogens with one attached hydrogen (secondary N) is 1. The fourth-order valence-corrected chi connectivity index (χ4v) is 1.79. The number of carbonyl (C=O) groups is 2. The predicted octanol–water partition coefficient (Wildman–Crippen LogP) is 2.92. The summed E-state index contributed by atoms with van der Waals surface area (Å²) in [6.07, 6.45) is -0.0380. The van der Waals surface area contributed by atoms with Crippen molar-refractivity contribution in [1.82, 2.24) is 5.32 Å². The molecule has 0 bridgehead atoms. The van der Waals surface area contributed by atoms with Gasteiger partial charge < -0.3 is 10.1 Å². The van der Waals surface area contributed by atoms with Crippen LogP contribution in [0.2, 0.25) is 0 Å². The van der Waals surface area contributed by atoms with Crippen molar-refractivity contribution in [3.05, 3.63) is 71.0 Å². The van der Waals surface area contributed by atoms with E-state index in [1.807, 2.05) is 30.3 Å². The number of ether oxygens (including phenoxy) is 1. The molecule has 1 amide bonds. The van der Waals surface area contributed by atoms with Gasteiger partial charge in [0.05, 0.1) is 6.54 Å². The van der Waals surface area contributed by atoms with Crippen molar-refractivity contribution in [1.29, 1.82) is 0 Å². The van der Waals surface area contributed by atoms with E-state index in [0.29, 0.717) is 11.8 Å². The molecule has 5 heteroatoms. The quantitative estimate of drug-likeness (QED) is 0.698. The van der Waals surface area contributed by atoms with Crippen molar-refractivity contribution < 1.29 is 18.7 Å². The van der Waals surface area contributed by atoms with Crippen LogP contribution in [0.15, 0.2) is 48.5 Å². The van der Waals surface area contributed by atoms with Gasteiger partial charge in [0.1, 0.15) is 18.7 Å². The van der Waals surface area contributed by atoms with Crippen molar-refractivity contribution in [2.45, 2.75) is 6.61 Å². The first-order valence-electron chi connectivity index (χ1n) is 6.86. The molecule has 0 unspecified atom stereocenters. The van der Waals surface area contributed by atoms with Gasteiger partial charge in [0, 0.05) is 11.1 Å². The van der Waals surface area contributed by atoms with Crippen LogP contribution in [0.1, 0.15) is 21.5 Å². The first kappa shape index (κ1) is 16.2. The van der Waals surface area contributed by atoms with Gasteiger partial charge in [-0.1, -0.05) is 42.2 Å². The van der Waals surface area contributed by atoms with Crippen LogP contribution >= 0.6 is 0 Å². The first-order chi connectivity index (χ1) is 11.2. The fraction of sp³-hybridized carbons (Fsp3) is 0.111. The largest absolute Gasteiger partial charge is 0.445 e. The third-order valence-corrected chi connectivity index (χ3v) is 2.82. The van der Waals surface area contributed by atoms with Gasteiger partial charge in [-0.2, -0.15) is 0 Å². The number of benzene rings is 2. The molecule has 0 aromatic heterocycles. The Balaban J connectivity index is 1.80. The van der Waals surface area contributed by atoms with E-state index in [0.717, 1.165) is 11.6 Å². The summed E-state index contributed by atoms with van der Waals surface area (Å²) >= 11 is 0. The van der Waals surface area contributed by atoms with Crippen LogP contribution in [0.5, 0.6) is 0 Å². The third-order valence-electron chi connectivity index (χ3n) is 2.82. The van der Waals surface area contributed by atoms with Crippen molar-refractivity contribution in [3.63, 3.8) is 0 Å². The number of alkyl carbamates (subject to hydrolysis) is 1. The molecular weight excluding hydrogens is 297 g/mol. The summed E-state index contributed by atoms with van der Waals surface area (Å²) in [7, 11) is 0. The summed E-state index contributed by atoms with van der Waals surface area (Å²) in [6, 6.07) is 13.1. The molecule has 2 aromatic carbocycles. The zero-order valence-electron chi connectivity index (χ0n) is 12.2. The minimum Gasteiger partial charge on any atom is -0.445 e. The van der Waals surface area contributed by atoms with E-state index >= 15 is 0 Å². The molecule has 23 heavy (non-hydrogen) atoms. The maximum atomic E-state index is 13.2. The van der Waals surface area contributed by atoms with Gasteiger partial charge >= 0.3 is 6.09 Å². The van der Waals surface area contributed by atoms with Gasteiger partial charge in [-0.3, -0.25) is 4.79 Å². The minimum atomic E-state index is -0.587. The highest BCUT2D eigenvalue weighted by molar-refractivity contribution is 5.75. The second-order valence-electron chi connectivity index (χ2n) is 4.61. The van der Waals surface area contributed by atoms with Gasteiger partial charge in [0.15, 0.2) is 0 Å². The first-order valence-corrected chi connectivity index (χ1v) is 6.86. The Kier molecular flexibility index (Phi) is 5.89. The highest BCUT2D eigenvalue weighted by Crippen LogP contribution is 2.06. The maximum absolute atomic E-state index is 13.2. The smallest absolute Gasteiger partial charge is 0.408 e. The molecule has 4 nitrogen and oxygen atoms in total. The van der Waals surface area contributed by atoms with E-state index in [1.165, 1.54) is 12.1 Å². The van der Waals surface area contributed by atoms with Crippen LogP contribution < -0.4 is 5.32 Å². The van der Waals surface area contributed by atoms with E-state index in [2.05, 4.69) is 17.2 Å². The molecule has 0 saturated carbocycles. The van der Waals surface area contributed by atoms with E-state index in [4.69, 9.17) is 4.74 Å². The third kappa shape index (κ3) is 5.64. The molecule has 0 atom stereocenters. The summed E-state index contributed by atoms with van der Waals surface area (Å²) < 4.78 is 18.2. The molecule has 2 aromatic rings. The normalized spacial score (nSPS) is 9.43. The summed E-state index contributed by atoms with van der Waals surface area (Å²) in [6.45, 7) is 0.229. The molecule has 0 aliphatic rings. The van der Waals surface area contributed by atoms with Gasteiger partial charge in [0.2, 0.25) is 0 Å². The molecule has 0 radical (unpaired) electrons. The lowest BCUT2D eigenvalue weighted by atomic mass is 10.1. The number of halogens is 1. The van der Waals surface area contributed by atoms with E-state index in [-0.39, 0.29) is 18.7 Å². The molecule has 0 aliphatic carbocycles. The molecule has 116 valence electrons. The van der Waals surface area contributed by atoms with Crippen LogP contribution in [0.3, 0.4) is 0 Å². The Hall–Kier alpha value is -3.13. The lowest BCUT2D eigenvalue weighted by Crippen LogP contribution is -2.24. The molecule has 0 heterocycles. The summed E-state index contributed by atoms with van der Waals surface area (Å²) in [5.74, 6) is 4.80. The second kappa shape index (κ2) is 8.35. The van der Waals surface area contributed by atoms with Gasteiger partial charge in [-0.25, -0.2) is 9.18 Å². The Bertz CT molecular complexity index is 748. The van der Waals surface area contributed by atoms with Gasteiger partial charge in [-0.15, -0.1) is 0 Å². The number of rotatable bonds is 4. The highest BCUT2D eigenvalue weighted by Gasteiger charge is 2.00. The zero-order chi connectivity index (χ0) is 16.5. The number of hydrogen-bond donors (Lipinski definition) is 1. The molecular formula is C18H14FNO3. The predicted molar refractivity (Wildman–Crippen MR) is 83.3 cm³/mol. The molecule has 2 rings (SSSR count). The van der Waals surface area contributed by atoms with Crippen molar-refractivity contribution in [3.8, 4) is 11.8 Å². The molecule has 0 aliphatic heterocycles. The van der Waals surface area contributed by atoms with Crippen LogP contribution in [0.25, 0.3) is 0 Å². The minimum absolute atomic E-state index is 0.0561. The standard InChI is InChI=1S/C18H14FNO3/c19-17-10-15(9-16(11-17)12-21)7-4-8-20-18(22)23-13-14-5-2-1-3-6-14/h1-3,5-6,9-12H,8,13H2,(H,20,22). The van der Waals surface area contributed by atoms with E-state index < -0.39 is 11.9 Å². The number of carbonyl (C=O) groups excluding carboxylic acids is 2. The fourth-order valence-electron chi connectivity index (χ4n) is 1.79. The SMILES string of the molecule is O=Cc1cc(F)cc(C#CCNC(=O)OCc2ccccc2)c1. The van der Waals surface area contributed by atoms with Gasteiger partial charge in [0.25, 0.3) is 0 Å². The monoisotopic (exact) mass is 311 g/mol. The topological polar surface area (TPSA) is 55.4 Å². The lowest BCUT2D eigenvalue weighted by Gasteiger charge is -2.04. The average molecular weight is 311 g/mol. The number of hydrogen-bond acceptors (Lipinski definition) is 3. The lowest BCUT2D eigenvalue weighted by molar-refractivity contribution is 0.112. The average Bonchev–Trinajstić information content (AvgIpc) is 2.57. The highest BCUT2D eigenvalue weighted by atomic mass is 19.1. The van der Waals surface area contributed by atoms with Crippen LogP contribution in [-0.4, -0.2) is 18.9 Å². The summed E-state index contributed by atoms with van der Waals surface area (Å²) in [5.41, 5.74) is 1.46. The molecule has 0 fully saturated rings. The Labute approximate surface area is 133 Å².